The number of hydrogen-bond donors (Lipinski definition) is 2. The molecule has 128 valence electrons. The highest BCUT2D eigenvalue weighted by Crippen LogP contribution is 2.26. The van der Waals surface area contributed by atoms with Crippen LogP contribution in [-0.2, 0) is 4.79 Å². The van der Waals surface area contributed by atoms with Gasteiger partial charge in [0.05, 0.1) is 24.0 Å². The number of halogens is 1. The molecule has 1 aliphatic heterocycles. The third-order valence-electron chi connectivity index (χ3n) is 4.29. The van der Waals surface area contributed by atoms with Gasteiger partial charge < -0.3 is 14.4 Å². The maximum atomic E-state index is 14.0. The number of carbonyl (C=O) groups excluding carboxylic acids is 1. The predicted molar refractivity (Wildman–Crippen MR) is 88.1 cm³/mol. The smallest absolute Gasteiger partial charge is 0.244 e. The summed E-state index contributed by atoms with van der Waals surface area (Å²) in [6.07, 6.45) is 3.46. The van der Waals surface area contributed by atoms with Crippen LogP contribution >= 0.6 is 0 Å². The van der Waals surface area contributed by atoms with Gasteiger partial charge in [0.15, 0.2) is 0 Å². The molecule has 24 heavy (non-hydrogen) atoms. The molecule has 1 aromatic carbocycles. The van der Waals surface area contributed by atoms with E-state index in [2.05, 4.69) is 5.32 Å². The van der Waals surface area contributed by atoms with E-state index in [0.717, 1.165) is 6.42 Å². The Kier molecular flexibility index (Phi) is 5.27. The van der Waals surface area contributed by atoms with Crippen molar-refractivity contribution in [2.75, 3.05) is 18.1 Å². The molecule has 0 radical (unpaired) electrons. The van der Waals surface area contributed by atoms with Crippen LogP contribution in [0.2, 0.25) is 0 Å². The molecule has 2 heterocycles. The van der Waals surface area contributed by atoms with Crippen molar-refractivity contribution in [1.82, 2.24) is 5.32 Å². The predicted octanol–water partition coefficient (Wildman–Crippen LogP) is 2.63. The summed E-state index contributed by atoms with van der Waals surface area (Å²) in [4.78, 5) is 14.3. The van der Waals surface area contributed by atoms with E-state index in [9.17, 15) is 14.3 Å². The second kappa shape index (κ2) is 7.59. The molecule has 0 unspecified atom stereocenters. The van der Waals surface area contributed by atoms with Gasteiger partial charge in [0.1, 0.15) is 11.6 Å². The van der Waals surface area contributed by atoms with Crippen molar-refractivity contribution in [3.8, 4) is 0 Å². The van der Waals surface area contributed by atoms with E-state index >= 15 is 0 Å². The van der Waals surface area contributed by atoms with E-state index in [1.165, 1.54) is 11.0 Å². The quantitative estimate of drug-likeness (QED) is 0.853. The molecule has 2 N–H and O–H groups in total. The summed E-state index contributed by atoms with van der Waals surface area (Å²) in [7, 11) is 0. The molecule has 6 heteroatoms. The first-order valence-corrected chi connectivity index (χ1v) is 8.17. The number of piperidine rings is 1. The number of nitrogens with zero attached hydrogens (tertiary/aromatic N) is 1. The van der Waals surface area contributed by atoms with Crippen LogP contribution in [0.5, 0.6) is 0 Å². The van der Waals surface area contributed by atoms with Crippen LogP contribution in [0, 0.1) is 5.82 Å². The Labute approximate surface area is 140 Å². The molecule has 2 aromatic rings. The molecule has 1 saturated heterocycles. The molecule has 0 aliphatic carbocycles. The van der Waals surface area contributed by atoms with E-state index in [1.54, 1.807) is 30.5 Å². The number of anilines is 1. The molecule has 0 bridgehead atoms. The lowest BCUT2D eigenvalue weighted by Gasteiger charge is -2.34. The minimum absolute atomic E-state index is 0.0176. The molecule has 1 amide bonds. The van der Waals surface area contributed by atoms with E-state index in [4.69, 9.17) is 4.42 Å². The van der Waals surface area contributed by atoms with Crippen LogP contribution in [0.25, 0.3) is 0 Å². The Balaban J connectivity index is 1.76. The Morgan fingerprint density at radius 2 is 2.17 bits per heavy atom. The summed E-state index contributed by atoms with van der Waals surface area (Å²) in [6.45, 7) is 0.486. The number of hydrogen-bond acceptors (Lipinski definition) is 4. The second-order valence-electron chi connectivity index (χ2n) is 5.88. The second-order valence-corrected chi connectivity index (χ2v) is 5.88. The van der Waals surface area contributed by atoms with Crippen LogP contribution in [0.1, 0.15) is 31.1 Å². The Hall–Kier alpha value is -2.18. The Morgan fingerprint density at radius 1 is 1.33 bits per heavy atom. The van der Waals surface area contributed by atoms with Gasteiger partial charge >= 0.3 is 0 Å². The van der Waals surface area contributed by atoms with Gasteiger partial charge in [0.25, 0.3) is 0 Å². The number of amides is 1. The number of furan rings is 1. The average molecular weight is 332 g/mol. The minimum atomic E-state index is -0.431. The van der Waals surface area contributed by atoms with E-state index in [-0.39, 0.29) is 18.6 Å². The lowest BCUT2D eigenvalue weighted by molar-refractivity contribution is -0.122. The summed E-state index contributed by atoms with van der Waals surface area (Å²) in [6, 6.07) is 9.21. The fourth-order valence-electron chi connectivity index (χ4n) is 3.11. The lowest BCUT2D eigenvalue weighted by atomic mass is 10.0. The SMILES string of the molecule is O=C1[C@@H](N[C@H](CCO)c2ccco2)CCCN1c1ccccc1F. The summed E-state index contributed by atoms with van der Waals surface area (Å²) < 4.78 is 19.4. The number of nitrogens with one attached hydrogen (secondary N) is 1. The van der Waals surface area contributed by atoms with Gasteiger partial charge in [-0.2, -0.15) is 0 Å². The topological polar surface area (TPSA) is 65.7 Å². The van der Waals surface area contributed by atoms with Crippen LogP contribution < -0.4 is 10.2 Å². The van der Waals surface area contributed by atoms with E-state index in [0.29, 0.717) is 30.8 Å². The van der Waals surface area contributed by atoms with Crippen molar-refractivity contribution in [1.29, 1.82) is 0 Å². The zero-order chi connectivity index (χ0) is 16.9. The van der Waals surface area contributed by atoms with Crippen molar-refractivity contribution < 1.29 is 18.7 Å². The van der Waals surface area contributed by atoms with Crippen molar-refractivity contribution in [2.45, 2.75) is 31.3 Å². The van der Waals surface area contributed by atoms with E-state index < -0.39 is 11.9 Å². The maximum absolute atomic E-state index is 14.0. The lowest BCUT2D eigenvalue weighted by Crippen LogP contribution is -2.52. The van der Waals surface area contributed by atoms with Gasteiger partial charge in [-0.15, -0.1) is 0 Å². The Morgan fingerprint density at radius 3 is 2.88 bits per heavy atom. The zero-order valence-electron chi connectivity index (χ0n) is 13.3. The molecule has 1 aromatic heterocycles. The standard InChI is InChI=1S/C18H21FN2O3/c19-13-5-1-2-7-16(13)21-10-3-6-15(18(21)23)20-14(9-11-22)17-8-4-12-24-17/h1-2,4-5,7-8,12,14-15,20,22H,3,6,9-11H2/t14-,15+/m1/s1. The fraction of sp³-hybridized carbons (Fsp3) is 0.389. The first-order chi connectivity index (χ1) is 11.7. The largest absolute Gasteiger partial charge is 0.468 e. The summed E-state index contributed by atoms with van der Waals surface area (Å²) in [5.41, 5.74) is 0.311. The van der Waals surface area contributed by atoms with Gasteiger partial charge in [0.2, 0.25) is 5.91 Å². The van der Waals surface area contributed by atoms with Gasteiger partial charge in [-0.3, -0.25) is 10.1 Å². The third-order valence-corrected chi connectivity index (χ3v) is 4.29. The van der Waals surface area contributed by atoms with Gasteiger partial charge in [0, 0.05) is 13.2 Å². The zero-order valence-corrected chi connectivity index (χ0v) is 13.3. The van der Waals surface area contributed by atoms with Crippen molar-refractivity contribution in [2.24, 2.45) is 0 Å². The van der Waals surface area contributed by atoms with Crippen LogP contribution in [0.4, 0.5) is 10.1 Å². The molecule has 3 rings (SSSR count). The molecule has 0 spiro atoms. The summed E-state index contributed by atoms with van der Waals surface area (Å²) in [5.74, 6) is 0.130. The average Bonchev–Trinajstić information content (AvgIpc) is 3.11. The summed E-state index contributed by atoms with van der Waals surface area (Å²) >= 11 is 0. The first-order valence-electron chi connectivity index (χ1n) is 8.17. The minimum Gasteiger partial charge on any atom is -0.468 e. The molecular weight excluding hydrogens is 311 g/mol. The fourth-order valence-corrected chi connectivity index (χ4v) is 3.11. The Bertz CT molecular complexity index is 675. The number of carbonyl (C=O) groups is 1. The highest BCUT2D eigenvalue weighted by Gasteiger charge is 2.32. The molecule has 1 aliphatic rings. The molecule has 5 nitrogen and oxygen atoms in total. The number of benzene rings is 1. The summed E-state index contributed by atoms with van der Waals surface area (Å²) in [5, 5.41) is 12.5. The number of para-hydroxylation sites is 1. The number of rotatable bonds is 6. The van der Waals surface area contributed by atoms with Crippen molar-refractivity contribution in [3.05, 3.63) is 54.2 Å². The monoisotopic (exact) mass is 332 g/mol. The van der Waals surface area contributed by atoms with Gasteiger partial charge in [-0.25, -0.2) is 4.39 Å². The highest BCUT2D eigenvalue weighted by molar-refractivity contribution is 5.98. The highest BCUT2D eigenvalue weighted by atomic mass is 19.1. The molecule has 0 saturated carbocycles. The van der Waals surface area contributed by atoms with Crippen molar-refractivity contribution >= 4 is 11.6 Å². The normalized spacial score (nSPS) is 19.5. The van der Waals surface area contributed by atoms with Crippen molar-refractivity contribution in [3.63, 3.8) is 0 Å². The third kappa shape index (κ3) is 3.49. The van der Waals surface area contributed by atoms with Crippen LogP contribution in [0.3, 0.4) is 0 Å². The van der Waals surface area contributed by atoms with E-state index in [1.807, 2.05) is 6.07 Å². The van der Waals surface area contributed by atoms with Crippen LogP contribution in [-0.4, -0.2) is 30.2 Å². The van der Waals surface area contributed by atoms with Gasteiger partial charge in [-0.05, 0) is 43.5 Å². The van der Waals surface area contributed by atoms with Crippen LogP contribution in [0.15, 0.2) is 47.1 Å². The number of aliphatic hydroxyl groups is 1. The number of aliphatic hydroxyl groups excluding tert-OH is 1. The molecular formula is C18H21FN2O3. The van der Waals surface area contributed by atoms with Gasteiger partial charge in [-0.1, -0.05) is 12.1 Å². The maximum Gasteiger partial charge on any atom is 0.244 e. The first kappa shape index (κ1) is 16.7. The molecule has 1 fully saturated rings. The molecule has 2 atom stereocenters.